The third kappa shape index (κ3) is 5.49. The standard InChI is InChI=1S/C25H23N3O7/c1-14(2)22(27-23(29)17-7-9-20-21(11-17)34-13-33-20)24(30)28-26-12-18-8-10-19(35-18)15-3-5-16(6-4-15)25(31)32/h3-12,14,22H,13H2,1-2H3,(H,27,29)(H,28,30)(H,31,32)/b26-12+. The number of carboxylic acid groups (broad SMARTS) is 1. The third-order valence-corrected chi connectivity index (χ3v) is 5.28. The summed E-state index contributed by atoms with van der Waals surface area (Å²) < 4.78 is 16.2. The normalized spacial score (nSPS) is 13.1. The molecule has 0 bridgehead atoms. The van der Waals surface area contributed by atoms with Crippen LogP contribution < -0.4 is 20.2 Å². The fourth-order valence-electron chi connectivity index (χ4n) is 3.38. The smallest absolute Gasteiger partial charge is 0.335 e. The van der Waals surface area contributed by atoms with E-state index in [0.717, 1.165) is 0 Å². The van der Waals surface area contributed by atoms with E-state index in [1.54, 1.807) is 42.5 Å². The number of fused-ring (bicyclic) bond motifs is 1. The van der Waals surface area contributed by atoms with Gasteiger partial charge in [-0.25, -0.2) is 10.2 Å². The Balaban J connectivity index is 1.36. The van der Waals surface area contributed by atoms with Gasteiger partial charge in [-0.1, -0.05) is 26.0 Å². The summed E-state index contributed by atoms with van der Waals surface area (Å²) in [5.41, 5.74) is 3.64. The highest BCUT2D eigenvalue weighted by atomic mass is 16.7. The second-order valence-electron chi connectivity index (χ2n) is 8.08. The highest BCUT2D eigenvalue weighted by Gasteiger charge is 2.25. The number of carbonyl (C=O) groups excluding carboxylic acids is 2. The maximum atomic E-state index is 12.7. The highest BCUT2D eigenvalue weighted by Crippen LogP contribution is 2.32. The largest absolute Gasteiger partial charge is 0.478 e. The minimum Gasteiger partial charge on any atom is -0.478 e. The van der Waals surface area contributed by atoms with Gasteiger partial charge in [-0.2, -0.15) is 5.10 Å². The highest BCUT2D eigenvalue weighted by molar-refractivity contribution is 5.98. The van der Waals surface area contributed by atoms with E-state index in [4.69, 9.17) is 19.0 Å². The molecule has 1 aliphatic heterocycles. The first kappa shape index (κ1) is 23.6. The zero-order valence-electron chi connectivity index (χ0n) is 19.0. The minimum atomic E-state index is -1.01. The molecule has 0 spiro atoms. The van der Waals surface area contributed by atoms with Gasteiger partial charge in [0.1, 0.15) is 17.6 Å². The zero-order valence-corrected chi connectivity index (χ0v) is 19.0. The van der Waals surface area contributed by atoms with E-state index >= 15 is 0 Å². The Morgan fingerprint density at radius 3 is 2.40 bits per heavy atom. The number of hydrogen-bond donors (Lipinski definition) is 3. The second-order valence-corrected chi connectivity index (χ2v) is 8.08. The molecule has 2 heterocycles. The van der Waals surface area contributed by atoms with Crippen LogP contribution in [0, 0.1) is 5.92 Å². The monoisotopic (exact) mass is 477 g/mol. The molecular weight excluding hydrogens is 454 g/mol. The lowest BCUT2D eigenvalue weighted by molar-refractivity contribution is -0.123. The van der Waals surface area contributed by atoms with Crippen LogP contribution in [0.2, 0.25) is 0 Å². The summed E-state index contributed by atoms with van der Waals surface area (Å²) >= 11 is 0. The van der Waals surface area contributed by atoms with E-state index in [0.29, 0.717) is 34.1 Å². The van der Waals surface area contributed by atoms with Gasteiger partial charge in [0.15, 0.2) is 11.5 Å². The molecule has 0 radical (unpaired) electrons. The van der Waals surface area contributed by atoms with E-state index in [1.165, 1.54) is 18.3 Å². The van der Waals surface area contributed by atoms with Gasteiger partial charge in [-0.05, 0) is 48.4 Å². The Kier molecular flexibility index (Phi) is 6.81. The van der Waals surface area contributed by atoms with Crippen molar-refractivity contribution in [3.05, 3.63) is 71.5 Å². The number of rotatable bonds is 8. The predicted molar refractivity (Wildman–Crippen MR) is 125 cm³/mol. The quantitative estimate of drug-likeness (QED) is 0.334. The lowest BCUT2D eigenvalue weighted by Gasteiger charge is -2.20. The fraction of sp³-hybridized carbons (Fsp3) is 0.200. The van der Waals surface area contributed by atoms with Gasteiger partial charge in [0.2, 0.25) is 6.79 Å². The molecule has 1 aliphatic rings. The number of nitrogens with one attached hydrogen (secondary N) is 2. The number of benzene rings is 2. The Morgan fingerprint density at radius 2 is 1.69 bits per heavy atom. The maximum absolute atomic E-state index is 12.7. The van der Waals surface area contributed by atoms with E-state index in [1.807, 2.05) is 13.8 Å². The molecule has 0 fully saturated rings. The number of furan rings is 1. The van der Waals surface area contributed by atoms with Crippen molar-refractivity contribution in [1.82, 2.24) is 10.7 Å². The van der Waals surface area contributed by atoms with E-state index in [-0.39, 0.29) is 18.3 Å². The summed E-state index contributed by atoms with van der Waals surface area (Å²) in [7, 11) is 0. The molecule has 4 rings (SSSR count). The molecular formula is C25H23N3O7. The minimum absolute atomic E-state index is 0.101. The molecule has 1 atom stereocenters. The van der Waals surface area contributed by atoms with Crippen molar-refractivity contribution < 1.29 is 33.4 Å². The predicted octanol–water partition coefficient (Wildman–Crippen LogP) is 3.28. The molecule has 1 aromatic heterocycles. The first-order valence-electron chi connectivity index (χ1n) is 10.8. The maximum Gasteiger partial charge on any atom is 0.335 e. The number of carboxylic acids is 1. The molecule has 3 aromatic rings. The molecule has 10 heteroatoms. The van der Waals surface area contributed by atoms with Gasteiger partial charge in [0.05, 0.1) is 11.8 Å². The number of aromatic carboxylic acids is 1. The molecule has 3 N–H and O–H groups in total. The summed E-state index contributed by atoms with van der Waals surface area (Å²) in [5, 5.41) is 15.7. The van der Waals surface area contributed by atoms with Gasteiger partial charge < -0.3 is 24.3 Å². The Bertz CT molecular complexity index is 1280. The lowest BCUT2D eigenvalue weighted by Crippen LogP contribution is -2.48. The topological polar surface area (TPSA) is 139 Å². The van der Waals surface area contributed by atoms with Crippen LogP contribution >= 0.6 is 0 Å². The van der Waals surface area contributed by atoms with Crippen LogP contribution in [0.3, 0.4) is 0 Å². The van der Waals surface area contributed by atoms with Crippen LogP contribution in [0.4, 0.5) is 0 Å². The van der Waals surface area contributed by atoms with Crippen LogP contribution in [0.15, 0.2) is 64.1 Å². The van der Waals surface area contributed by atoms with Gasteiger partial charge in [0.25, 0.3) is 11.8 Å². The van der Waals surface area contributed by atoms with Crippen molar-refractivity contribution in [2.45, 2.75) is 19.9 Å². The van der Waals surface area contributed by atoms with E-state index < -0.39 is 23.8 Å². The number of ether oxygens (including phenoxy) is 2. The summed E-state index contributed by atoms with van der Waals surface area (Å²) in [5.74, 6) is -0.180. The lowest BCUT2D eigenvalue weighted by atomic mass is 10.0. The van der Waals surface area contributed by atoms with Crippen molar-refractivity contribution >= 4 is 24.0 Å². The van der Waals surface area contributed by atoms with Crippen molar-refractivity contribution in [3.8, 4) is 22.8 Å². The van der Waals surface area contributed by atoms with Crippen LogP contribution in [0.1, 0.15) is 40.3 Å². The van der Waals surface area contributed by atoms with E-state index in [9.17, 15) is 14.4 Å². The summed E-state index contributed by atoms with van der Waals surface area (Å²) in [6, 6.07) is 13.6. The summed E-state index contributed by atoms with van der Waals surface area (Å²) in [4.78, 5) is 36.3. The molecule has 35 heavy (non-hydrogen) atoms. The number of amides is 2. The van der Waals surface area contributed by atoms with Crippen molar-refractivity contribution in [2.24, 2.45) is 11.0 Å². The third-order valence-electron chi connectivity index (χ3n) is 5.28. The SMILES string of the molecule is CC(C)C(NC(=O)c1ccc2c(c1)OCO2)C(=O)N/N=C/c1ccc(-c2ccc(C(=O)O)cc2)o1. The van der Waals surface area contributed by atoms with Gasteiger partial charge in [-0.3, -0.25) is 9.59 Å². The number of carbonyl (C=O) groups is 3. The summed E-state index contributed by atoms with van der Waals surface area (Å²) in [6.07, 6.45) is 1.34. The average molecular weight is 477 g/mol. The van der Waals surface area contributed by atoms with Gasteiger partial charge in [-0.15, -0.1) is 0 Å². The van der Waals surface area contributed by atoms with E-state index in [2.05, 4.69) is 15.8 Å². The Labute approximate surface area is 200 Å². The van der Waals surface area contributed by atoms with Crippen LogP contribution in [-0.2, 0) is 4.79 Å². The first-order valence-corrected chi connectivity index (χ1v) is 10.8. The second kappa shape index (κ2) is 10.1. The molecule has 0 saturated heterocycles. The Morgan fingerprint density at radius 1 is 0.971 bits per heavy atom. The average Bonchev–Trinajstić information content (AvgIpc) is 3.51. The van der Waals surface area contributed by atoms with Gasteiger partial charge >= 0.3 is 5.97 Å². The molecule has 180 valence electrons. The van der Waals surface area contributed by atoms with Crippen molar-refractivity contribution in [1.29, 1.82) is 0 Å². The first-order chi connectivity index (χ1) is 16.8. The summed E-state index contributed by atoms with van der Waals surface area (Å²) in [6.45, 7) is 3.72. The molecule has 0 aliphatic carbocycles. The van der Waals surface area contributed by atoms with Crippen molar-refractivity contribution in [3.63, 3.8) is 0 Å². The van der Waals surface area contributed by atoms with Gasteiger partial charge in [0, 0.05) is 11.1 Å². The molecule has 10 nitrogen and oxygen atoms in total. The number of hydrazone groups is 1. The number of hydrogen-bond acceptors (Lipinski definition) is 7. The van der Waals surface area contributed by atoms with Crippen molar-refractivity contribution in [2.75, 3.05) is 6.79 Å². The Hall–Kier alpha value is -4.60. The number of nitrogens with zero attached hydrogens (tertiary/aromatic N) is 1. The molecule has 2 amide bonds. The zero-order chi connectivity index (χ0) is 24.9. The molecule has 2 aromatic carbocycles. The molecule has 0 saturated carbocycles. The molecule has 1 unspecified atom stereocenters. The fourth-order valence-corrected chi connectivity index (χ4v) is 3.38. The van der Waals surface area contributed by atoms with Crippen LogP contribution in [0.5, 0.6) is 11.5 Å². The van der Waals surface area contributed by atoms with Crippen LogP contribution in [-0.4, -0.2) is 41.9 Å². The van der Waals surface area contributed by atoms with Crippen LogP contribution in [0.25, 0.3) is 11.3 Å².